The van der Waals surface area contributed by atoms with E-state index in [0.717, 1.165) is 37.1 Å². The summed E-state index contributed by atoms with van der Waals surface area (Å²) in [6, 6.07) is 0. The van der Waals surface area contributed by atoms with Crippen LogP contribution in [0.1, 0.15) is 32.4 Å². The summed E-state index contributed by atoms with van der Waals surface area (Å²) in [6.07, 6.45) is 8.26. The molecule has 3 rings (SSSR count). The first kappa shape index (κ1) is 17.9. The van der Waals surface area contributed by atoms with Gasteiger partial charge in [0.15, 0.2) is 17.0 Å². The maximum atomic E-state index is 10.5. The fourth-order valence-electron chi connectivity index (χ4n) is 2.67. The molecule has 0 spiro atoms. The van der Waals surface area contributed by atoms with Crippen molar-refractivity contribution in [1.82, 2.24) is 19.5 Å². The van der Waals surface area contributed by atoms with Crippen LogP contribution < -0.4 is 5.32 Å². The fraction of sp³-hybridized carbons (Fsp3) is 0.533. The molecule has 0 saturated carbocycles. The predicted molar refractivity (Wildman–Crippen MR) is 92.2 cm³/mol. The van der Waals surface area contributed by atoms with Crippen LogP contribution in [-0.2, 0) is 13.8 Å². The number of hydrogen-bond acceptors (Lipinski definition) is 7. The molecule has 0 amide bonds. The van der Waals surface area contributed by atoms with Gasteiger partial charge in [-0.25, -0.2) is 15.0 Å². The van der Waals surface area contributed by atoms with E-state index in [1.807, 2.05) is 17.6 Å². The summed E-state index contributed by atoms with van der Waals surface area (Å²) in [5.41, 5.74) is 2.28. The van der Waals surface area contributed by atoms with E-state index in [1.165, 1.54) is 6.33 Å². The first-order chi connectivity index (χ1) is 12.1. The highest BCUT2D eigenvalue weighted by atomic mass is 31.1. The number of imidazole rings is 1. The third kappa shape index (κ3) is 4.58. The lowest BCUT2D eigenvalue weighted by molar-refractivity contribution is -0.0298. The number of anilines is 1. The summed E-state index contributed by atoms with van der Waals surface area (Å²) in [5, 5.41) is 3.19. The van der Waals surface area contributed by atoms with Crippen molar-refractivity contribution in [3.8, 4) is 0 Å². The Kier molecular flexibility index (Phi) is 6.04. The summed E-state index contributed by atoms with van der Waals surface area (Å²) in [4.78, 5) is 21.7. The van der Waals surface area contributed by atoms with Crippen molar-refractivity contribution in [2.75, 3.05) is 25.1 Å². The normalized spacial score (nSPS) is 19.2. The number of fused-ring (bicyclic) bond motifs is 1. The molecule has 134 valence electrons. The SMILES string of the molecule is C/C(=C\CNc1ncnc2c1ncn2C1CCCCO1)CO[P+](=O)O. The Labute approximate surface area is 146 Å². The monoisotopic (exact) mass is 366 g/mol. The van der Waals surface area contributed by atoms with Crippen LogP contribution in [0.4, 0.5) is 5.82 Å². The Morgan fingerprint density at radius 2 is 2.40 bits per heavy atom. The van der Waals surface area contributed by atoms with E-state index in [-0.39, 0.29) is 12.8 Å². The molecule has 2 atom stereocenters. The Hall–Kier alpha value is -1.93. The van der Waals surface area contributed by atoms with Gasteiger partial charge in [-0.3, -0.25) is 4.57 Å². The average molecular weight is 366 g/mol. The molecule has 10 heteroatoms. The van der Waals surface area contributed by atoms with Crippen molar-refractivity contribution in [3.63, 3.8) is 0 Å². The Morgan fingerprint density at radius 3 is 3.16 bits per heavy atom. The Balaban J connectivity index is 1.69. The summed E-state index contributed by atoms with van der Waals surface area (Å²) >= 11 is 0. The van der Waals surface area contributed by atoms with Gasteiger partial charge in [-0.05, 0) is 31.8 Å². The van der Waals surface area contributed by atoms with Crippen molar-refractivity contribution in [3.05, 3.63) is 24.3 Å². The van der Waals surface area contributed by atoms with Crippen molar-refractivity contribution < 1.29 is 18.7 Å². The topological polar surface area (TPSA) is 111 Å². The smallest absolute Gasteiger partial charge is 0.365 e. The van der Waals surface area contributed by atoms with Crippen LogP contribution in [0, 0.1) is 0 Å². The lowest BCUT2D eigenvalue weighted by Gasteiger charge is -2.23. The molecule has 0 aliphatic carbocycles. The number of nitrogens with zero attached hydrogens (tertiary/aromatic N) is 4. The summed E-state index contributed by atoms with van der Waals surface area (Å²) in [5.74, 6) is 0.637. The lowest BCUT2D eigenvalue weighted by atomic mass is 10.2. The van der Waals surface area contributed by atoms with E-state index in [0.29, 0.717) is 17.9 Å². The molecule has 1 aliphatic heterocycles. The van der Waals surface area contributed by atoms with E-state index in [2.05, 4.69) is 24.8 Å². The van der Waals surface area contributed by atoms with Crippen LogP contribution in [0.15, 0.2) is 24.3 Å². The second-order valence-corrected chi connectivity index (χ2v) is 6.54. The van der Waals surface area contributed by atoms with Crippen LogP contribution in [0.25, 0.3) is 11.2 Å². The lowest BCUT2D eigenvalue weighted by Crippen LogP contribution is -2.17. The molecule has 1 aliphatic rings. The van der Waals surface area contributed by atoms with Gasteiger partial charge < -0.3 is 10.1 Å². The predicted octanol–water partition coefficient (Wildman–Crippen LogP) is 2.55. The van der Waals surface area contributed by atoms with Crippen molar-refractivity contribution in [2.24, 2.45) is 0 Å². The molecule has 0 aromatic carbocycles. The first-order valence-electron chi connectivity index (χ1n) is 8.13. The largest absolute Gasteiger partial charge is 0.695 e. The summed E-state index contributed by atoms with van der Waals surface area (Å²) in [7, 11) is -2.58. The van der Waals surface area contributed by atoms with Crippen LogP contribution in [0.3, 0.4) is 0 Å². The zero-order chi connectivity index (χ0) is 17.6. The van der Waals surface area contributed by atoms with Crippen molar-refractivity contribution in [1.29, 1.82) is 0 Å². The maximum Gasteiger partial charge on any atom is 0.695 e. The number of rotatable bonds is 7. The van der Waals surface area contributed by atoms with E-state index >= 15 is 0 Å². The van der Waals surface area contributed by atoms with Crippen molar-refractivity contribution in [2.45, 2.75) is 32.4 Å². The molecular weight excluding hydrogens is 345 g/mol. The molecule has 3 heterocycles. The molecule has 2 aromatic heterocycles. The Bertz CT molecular complexity index is 772. The van der Waals surface area contributed by atoms with Crippen molar-refractivity contribution >= 4 is 25.2 Å². The third-order valence-electron chi connectivity index (χ3n) is 3.95. The fourth-order valence-corrected chi connectivity index (χ4v) is 2.99. The molecule has 0 radical (unpaired) electrons. The van der Waals surface area contributed by atoms with Gasteiger partial charge in [-0.15, -0.1) is 9.42 Å². The minimum atomic E-state index is -2.58. The van der Waals surface area contributed by atoms with Gasteiger partial charge in [0, 0.05) is 17.7 Å². The number of hydrogen-bond donors (Lipinski definition) is 2. The highest BCUT2D eigenvalue weighted by Crippen LogP contribution is 2.27. The van der Waals surface area contributed by atoms with E-state index in [9.17, 15) is 4.57 Å². The number of aromatic nitrogens is 4. The molecular formula is C15H21N5O4P+. The van der Waals surface area contributed by atoms with Gasteiger partial charge in [-0.1, -0.05) is 6.08 Å². The Morgan fingerprint density at radius 1 is 1.52 bits per heavy atom. The zero-order valence-corrected chi connectivity index (χ0v) is 14.9. The third-order valence-corrected chi connectivity index (χ3v) is 4.30. The molecule has 2 unspecified atom stereocenters. The van der Waals surface area contributed by atoms with Gasteiger partial charge >= 0.3 is 8.25 Å². The van der Waals surface area contributed by atoms with E-state index in [1.54, 1.807) is 6.33 Å². The molecule has 2 N–H and O–H groups in total. The minimum absolute atomic E-state index is 0.0266. The molecule has 9 nitrogen and oxygen atoms in total. The highest BCUT2D eigenvalue weighted by Gasteiger charge is 2.20. The van der Waals surface area contributed by atoms with E-state index in [4.69, 9.17) is 9.63 Å². The maximum absolute atomic E-state index is 10.5. The first-order valence-corrected chi connectivity index (χ1v) is 9.26. The molecule has 1 saturated heterocycles. The van der Waals surface area contributed by atoms with Crippen LogP contribution in [0.5, 0.6) is 0 Å². The summed E-state index contributed by atoms with van der Waals surface area (Å²) < 4.78 is 22.9. The quantitative estimate of drug-likeness (QED) is 0.568. The molecule has 0 bridgehead atoms. The summed E-state index contributed by atoms with van der Waals surface area (Å²) in [6.45, 7) is 3.19. The second kappa shape index (κ2) is 8.44. The van der Waals surface area contributed by atoms with Crippen LogP contribution in [-0.4, -0.2) is 44.2 Å². The average Bonchev–Trinajstić information content (AvgIpc) is 3.06. The van der Waals surface area contributed by atoms with Gasteiger partial charge in [0.2, 0.25) is 0 Å². The number of ether oxygens (including phenoxy) is 1. The molecule has 2 aromatic rings. The highest BCUT2D eigenvalue weighted by molar-refractivity contribution is 7.32. The van der Waals surface area contributed by atoms with Crippen LogP contribution in [0.2, 0.25) is 0 Å². The second-order valence-electron chi connectivity index (χ2n) is 5.81. The molecule has 25 heavy (non-hydrogen) atoms. The van der Waals surface area contributed by atoms with Gasteiger partial charge in [0.1, 0.15) is 19.2 Å². The zero-order valence-electron chi connectivity index (χ0n) is 14.0. The van der Waals surface area contributed by atoms with Gasteiger partial charge in [0.05, 0.1) is 6.33 Å². The van der Waals surface area contributed by atoms with Crippen LogP contribution >= 0.6 is 8.25 Å². The van der Waals surface area contributed by atoms with Gasteiger partial charge in [-0.2, -0.15) is 0 Å². The molecule has 1 fully saturated rings. The van der Waals surface area contributed by atoms with Gasteiger partial charge in [0.25, 0.3) is 0 Å². The number of nitrogens with one attached hydrogen (secondary N) is 1. The minimum Gasteiger partial charge on any atom is -0.365 e. The van der Waals surface area contributed by atoms with E-state index < -0.39 is 8.25 Å². The standard InChI is InChI=1S/C15H20N5O4P/c1-11(8-24-25(21)22)5-6-16-14-13-15(18-9-17-14)20(10-19-13)12-4-2-3-7-23-12/h5,9-10,12H,2-4,6-8H2,1H3,(H-,16,17,18,21,22)/p+1/b11-5+.